The zero-order valence-corrected chi connectivity index (χ0v) is 20.4. The molecular weight excluding hydrogens is 312 g/mol. The van der Waals surface area contributed by atoms with Gasteiger partial charge in [0.05, 0.1) is 0 Å². The van der Waals surface area contributed by atoms with Crippen molar-refractivity contribution < 1.29 is 0 Å². The van der Waals surface area contributed by atoms with Crippen LogP contribution in [-0.2, 0) is 0 Å². The lowest BCUT2D eigenvalue weighted by molar-refractivity contribution is 0.318. The van der Waals surface area contributed by atoms with Gasteiger partial charge in [-0.3, -0.25) is 0 Å². The summed E-state index contributed by atoms with van der Waals surface area (Å²) >= 11 is 0. The van der Waals surface area contributed by atoms with E-state index < -0.39 is 0 Å². The van der Waals surface area contributed by atoms with Crippen molar-refractivity contribution in [1.82, 2.24) is 0 Å². The summed E-state index contributed by atoms with van der Waals surface area (Å²) in [7, 11) is 0. The molecule has 0 nitrogen and oxygen atoms in total. The van der Waals surface area contributed by atoms with E-state index in [1.165, 1.54) is 57.8 Å². The molecule has 0 N–H and O–H groups in total. The molecule has 0 radical (unpaired) electrons. The van der Waals surface area contributed by atoms with E-state index in [1.807, 2.05) is 0 Å². The van der Waals surface area contributed by atoms with Crippen molar-refractivity contribution in [2.75, 3.05) is 0 Å². The maximum Gasteiger partial charge on any atom is -0.0383 e. The highest BCUT2D eigenvalue weighted by molar-refractivity contribution is 4.65. The van der Waals surface area contributed by atoms with E-state index in [2.05, 4.69) is 83.1 Å². The van der Waals surface area contributed by atoms with Crippen LogP contribution >= 0.6 is 0 Å². The molecule has 0 saturated heterocycles. The molecule has 0 rings (SSSR count). The van der Waals surface area contributed by atoms with Crippen LogP contribution in [0.5, 0.6) is 0 Å². The van der Waals surface area contributed by atoms with E-state index in [4.69, 9.17) is 0 Å². The molecule has 0 aromatic heterocycles. The van der Waals surface area contributed by atoms with Gasteiger partial charge in [-0.25, -0.2) is 0 Å². The van der Waals surface area contributed by atoms with Gasteiger partial charge >= 0.3 is 0 Å². The standard InChI is InChI=1S/C13H28.C12H26.CH4/c1-12(2,3)10-8-7-9-11-13(4,5)6;1-11(2,3)9-7-8-10-12(4,5)6;/h7-11H2,1-6H3;7-10H2,1-6H3;1H4. The summed E-state index contributed by atoms with van der Waals surface area (Å²) in [4.78, 5) is 0. The van der Waals surface area contributed by atoms with E-state index in [0.717, 1.165) is 0 Å². The van der Waals surface area contributed by atoms with Gasteiger partial charge in [0.2, 0.25) is 0 Å². The maximum atomic E-state index is 2.33. The third-order valence-electron chi connectivity index (χ3n) is 4.46. The quantitative estimate of drug-likeness (QED) is 0.391. The summed E-state index contributed by atoms with van der Waals surface area (Å²) in [5.41, 5.74) is 2.11. The van der Waals surface area contributed by atoms with Crippen LogP contribution in [0, 0.1) is 21.7 Å². The smallest absolute Gasteiger partial charge is 0.0383 e. The van der Waals surface area contributed by atoms with Gasteiger partial charge in [0.15, 0.2) is 0 Å². The van der Waals surface area contributed by atoms with Crippen molar-refractivity contribution in [2.24, 2.45) is 21.7 Å². The molecule has 0 aliphatic rings. The van der Waals surface area contributed by atoms with Crippen LogP contribution in [-0.4, -0.2) is 0 Å². The summed E-state index contributed by atoms with van der Waals surface area (Å²) in [5.74, 6) is 0. The monoisotopic (exact) mass is 370 g/mol. The first-order valence-electron chi connectivity index (χ1n) is 10.9. The van der Waals surface area contributed by atoms with Crippen molar-refractivity contribution in [3.05, 3.63) is 0 Å². The van der Waals surface area contributed by atoms with E-state index in [9.17, 15) is 0 Å². The van der Waals surface area contributed by atoms with E-state index in [-0.39, 0.29) is 7.43 Å². The molecule has 0 aromatic carbocycles. The topological polar surface area (TPSA) is 0 Å². The van der Waals surface area contributed by atoms with Crippen molar-refractivity contribution in [2.45, 2.75) is 148 Å². The second-order valence-corrected chi connectivity index (χ2v) is 13.0. The third-order valence-corrected chi connectivity index (χ3v) is 4.46. The molecule has 0 spiro atoms. The molecule has 0 aliphatic carbocycles. The first-order chi connectivity index (χ1) is 10.9. The average Bonchev–Trinajstić information content (AvgIpc) is 2.30. The van der Waals surface area contributed by atoms with Crippen molar-refractivity contribution in [1.29, 1.82) is 0 Å². The number of unbranched alkanes of at least 4 members (excludes halogenated alkanes) is 3. The fourth-order valence-electron chi connectivity index (χ4n) is 2.80. The number of rotatable bonds is 7. The van der Waals surface area contributed by atoms with E-state index in [0.29, 0.717) is 21.7 Å². The molecule has 26 heavy (non-hydrogen) atoms. The van der Waals surface area contributed by atoms with Gasteiger partial charge in [-0.2, -0.15) is 0 Å². The zero-order valence-electron chi connectivity index (χ0n) is 20.4. The summed E-state index contributed by atoms with van der Waals surface area (Å²) in [6, 6.07) is 0. The molecule has 0 fully saturated rings. The summed E-state index contributed by atoms with van der Waals surface area (Å²) < 4.78 is 0. The van der Waals surface area contributed by atoms with Crippen LogP contribution < -0.4 is 0 Å². The van der Waals surface area contributed by atoms with E-state index in [1.54, 1.807) is 0 Å². The Labute approximate surface area is 170 Å². The fourth-order valence-corrected chi connectivity index (χ4v) is 2.80. The lowest BCUT2D eigenvalue weighted by Gasteiger charge is -2.21. The van der Waals surface area contributed by atoms with Gasteiger partial charge in [0.25, 0.3) is 0 Å². The van der Waals surface area contributed by atoms with Gasteiger partial charge in [0, 0.05) is 0 Å². The predicted molar refractivity (Wildman–Crippen MR) is 126 cm³/mol. The Hall–Kier alpha value is 0. The largest absolute Gasteiger partial charge is 0.0776 e. The van der Waals surface area contributed by atoms with Crippen LogP contribution in [0.1, 0.15) is 148 Å². The zero-order chi connectivity index (χ0) is 20.4. The molecule has 0 amide bonds. The van der Waals surface area contributed by atoms with Crippen LogP contribution in [0.15, 0.2) is 0 Å². The second-order valence-electron chi connectivity index (χ2n) is 13.0. The maximum absolute atomic E-state index is 2.33. The Bertz CT molecular complexity index is 263. The lowest BCUT2D eigenvalue weighted by Crippen LogP contribution is -2.07. The minimum absolute atomic E-state index is 0. The Balaban J connectivity index is -0.000000393. The van der Waals surface area contributed by atoms with Gasteiger partial charge in [-0.05, 0) is 47.3 Å². The second kappa shape index (κ2) is 13.2. The van der Waals surface area contributed by atoms with Crippen LogP contribution in [0.25, 0.3) is 0 Å². The first-order valence-corrected chi connectivity index (χ1v) is 10.9. The van der Waals surface area contributed by atoms with Crippen LogP contribution in [0.3, 0.4) is 0 Å². The molecule has 0 saturated carbocycles. The fraction of sp³-hybridized carbons (Fsp3) is 1.00. The van der Waals surface area contributed by atoms with Gasteiger partial charge in [0.1, 0.15) is 0 Å². The van der Waals surface area contributed by atoms with Crippen LogP contribution in [0.4, 0.5) is 0 Å². The molecule has 0 heterocycles. The van der Waals surface area contributed by atoms with E-state index >= 15 is 0 Å². The van der Waals surface area contributed by atoms with Gasteiger partial charge in [-0.15, -0.1) is 0 Å². The van der Waals surface area contributed by atoms with Crippen molar-refractivity contribution >= 4 is 0 Å². The molecule has 0 aromatic rings. The molecule has 162 valence electrons. The minimum atomic E-state index is 0. The SMILES string of the molecule is C.CC(C)(C)CCCCC(C)(C)C.CC(C)(C)CCCCCC(C)(C)C. The third kappa shape index (κ3) is 35.2. The molecular formula is C26H58. The first kappa shape index (κ1) is 30.7. The minimum Gasteiger partial charge on any atom is -0.0776 e. The number of hydrogen-bond acceptors (Lipinski definition) is 0. The molecule has 0 atom stereocenters. The highest BCUT2D eigenvalue weighted by Crippen LogP contribution is 2.27. The Morgan fingerprint density at radius 2 is 0.462 bits per heavy atom. The molecule has 0 bridgehead atoms. The molecule has 0 aliphatic heterocycles. The highest BCUT2D eigenvalue weighted by Gasteiger charge is 2.13. The van der Waals surface area contributed by atoms with Gasteiger partial charge in [-0.1, -0.05) is 123 Å². The average molecular weight is 371 g/mol. The normalized spacial score (nSPS) is 12.9. The molecule has 0 unspecified atom stereocenters. The van der Waals surface area contributed by atoms with Crippen molar-refractivity contribution in [3.63, 3.8) is 0 Å². The van der Waals surface area contributed by atoms with Crippen LogP contribution in [0.2, 0.25) is 0 Å². The Morgan fingerprint density at radius 3 is 0.615 bits per heavy atom. The molecule has 0 heteroatoms. The lowest BCUT2D eigenvalue weighted by atomic mass is 9.85. The summed E-state index contributed by atoms with van der Waals surface area (Å²) in [6.07, 6.45) is 12.5. The Kier molecular flexibility index (Phi) is 15.6. The number of hydrogen-bond donors (Lipinski definition) is 0. The van der Waals surface area contributed by atoms with Crippen molar-refractivity contribution in [3.8, 4) is 0 Å². The predicted octanol–water partition coefficient (Wildman–Crippen LogP) is 10.3. The highest BCUT2D eigenvalue weighted by atomic mass is 14.2. The summed E-state index contributed by atoms with van der Waals surface area (Å²) in [5, 5.41) is 0. The Morgan fingerprint density at radius 1 is 0.308 bits per heavy atom. The van der Waals surface area contributed by atoms with Gasteiger partial charge < -0.3 is 0 Å². The summed E-state index contributed by atoms with van der Waals surface area (Å²) in [6.45, 7) is 27.9.